The molecule has 0 spiro atoms. The van der Waals surface area contributed by atoms with Gasteiger partial charge in [0.05, 0.1) is 18.2 Å². The summed E-state index contributed by atoms with van der Waals surface area (Å²) in [5.74, 6) is -0.0735. The van der Waals surface area contributed by atoms with Crippen molar-refractivity contribution in [2.45, 2.75) is 33.2 Å². The number of ether oxygens (including phenoxy) is 1. The van der Waals surface area contributed by atoms with Gasteiger partial charge in [-0.1, -0.05) is 0 Å². The van der Waals surface area contributed by atoms with Crippen LogP contribution in [0.2, 0.25) is 0 Å². The topological polar surface area (TPSA) is 44.1 Å². The Bertz CT molecular complexity index is 361. The SMILES string of the molecule is CCOC(=O)c1c(CCl)c(C)nn1CC. The number of esters is 1. The van der Waals surface area contributed by atoms with Gasteiger partial charge in [-0.05, 0) is 20.8 Å². The monoisotopic (exact) mass is 230 g/mol. The summed E-state index contributed by atoms with van der Waals surface area (Å²) in [6, 6.07) is 0. The van der Waals surface area contributed by atoms with Crippen LogP contribution in [0.1, 0.15) is 35.6 Å². The Morgan fingerprint density at radius 1 is 1.53 bits per heavy atom. The van der Waals surface area contributed by atoms with Crippen LogP contribution in [0.15, 0.2) is 0 Å². The molecule has 5 heteroatoms. The van der Waals surface area contributed by atoms with Crippen molar-refractivity contribution in [3.05, 3.63) is 17.0 Å². The van der Waals surface area contributed by atoms with Crippen LogP contribution in [0.25, 0.3) is 0 Å². The first-order valence-electron chi connectivity index (χ1n) is 4.95. The zero-order valence-corrected chi connectivity index (χ0v) is 9.97. The van der Waals surface area contributed by atoms with Crippen LogP contribution >= 0.6 is 11.6 Å². The molecule has 0 radical (unpaired) electrons. The smallest absolute Gasteiger partial charge is 0.356 e. The van der Waals surface area contributed by atoms with Crippen LogP contribution in [0.5, 0.6) is 0 Å². The molecule has 4 nitrogen and oxygen atoms in total. The Labute approximate surface area is 94.2 Å². The van der Waals surface area contributed by atoms with E-state index in [9.17, 15) is 4.79 Å². The summed E-state index contributed by atoms with van der Waals surface area (Å²) in [4.78, 5) is 11.7. The van der Waals surface area contributed by atoms with Gasteiger partial charge in [0, 0.05) is 12.1 Å². The summed E-state index contributed by atoms with van der Waals surface area (Å²) in [6.45, 7) is 6.53. The van der Waals surface area contributed by atoms with E-state index < -0.39 is 0 Å². The molecule has 0 amide bonds. The van der Waals surface area contributed by atoms with Gasteiger partial charge in [0.1, 0.15) is 0 Å². The highest BCUT2D eigenvalue weighted by Crippen LogP contribution is 2.17. The third kappa shape index (κ3) is 2.31. The molecule has 0 saturated heterocycles. The fourth-order valence-electron chi connectivity index (χ4n) is 1.44. The minimum Gasteiger partial charge on any atom is -0.461 e. The second-order valence-corrected chi connectivity index (χ2v) is 3.35. The first-order chi connectivity index (χ1) is 7.15. The molecule has 1 aromatic heterocycles. The van der Waals surface area contributed by atoms with Gasteiger partial charge < -0.3 is 4.74 Å². The van der Waals surface area contributed by atoms with Gasteiger partial charge in [-0.15, -0.1) is 11.6 Å². The van der Waals surface area contributed by atoms with E-state index in [1.165, 1.54) is 0 Å². The van der Waals surface area contributed by atoms with E-state index in [2.05, 4.69) is 5.10 Å². The summed E-state index contributed by atoms with van der Waals surface area (Å²) in [5.41, 5.74) is 2.03. The van der Waals surface area contributed by atoms with Crippen LogP contribution < -0.4 is 0 Å². The van der Waals surface area contributed by atoms with Gasteiger partial charge in [0.25, 0.3) is 0 Å². The van der Waals surface area contributed by atoms with Gasteiger partial charge in [-0.25, -0.2) is 4.79 Å². The molecule has 0 aromatic carbocycles. The van der Waals surface area contributed by atoms with E-state index in [4.69, 9.17) is 16.3 Å². The number of hydrogen-bond donors (Lipinski definition) is 0. The highest BCUT2D eigenvalue weighted by Gasteiger charge is 2.21. The van der Waals surface area contributed by atoms with Crippen LogP contribution in [-0.4, -0.2) is 22.4 Å². The third-order valence-corrected chi connectivity index (χ3v) is 2.42. The maximum atomic E-state index is 11.7. The lowest BCUT2D eigenvalue weighted by molar-refractivity contribution is 0.0511. The van der Waals surface area contributed by atoms with E-state index in [1.807, 2.05) is 13.8 Å². The molecule has 0 atom stereocenters. The third-order valence-electron chi connectivity index (χ3n) is 2.15. The number of carbonyl (C=O) groups is 1. The number of hydrogen-bond acceptors (Lipinski definition) is 3. The molecule has 0 aliphatic heterocycles. The molecule has 1 aromatic rings. The van der Waals surface area contributed by atoms with E-state index in [-0.39, 0.29) is 11.8 Å². The molecule has 0 unspecified atom stereocenters. The lowest BCUT2D eigenvalue weighted by Gasteiger charge is -2.05. The zero-order valence-electron chi connectivity index (χ0n) is 9.21. The number of aromatic nitrogens is 2. The second-order valence-electron chi connectivity index (χ2n) is 3.08. The minimum absolute atomic E-state index is 0.278. The van der Waals surface area contributed by atoms with Gasteiger partial charge >= 0.3 is 5.97 Å². The molecule has 0 aliphatic carbocycles. The predicted octanol–water partition coefficient (Wildman–Crippen LogP) is 2.13. The van der Waals surface area contributed by atoms with Gasteiger partial charge in [0.15, 0.2) is 5.69 Å². The quantitative estimate of drug-likeness (QED) is 0.588. The van der Waals surface area contributed by atoms with Crippen molar-refractivity contribution < 1.29 is 9.53 Å². The second kappa shape index (κ2) is 5.16. The number of rotatable bonds is 4. The lowest BCUT2D eigenvalue weighted by Crippen LogP contribution is -2.14. The Morgan fingerprint density at radius 2 is 2.20 bits per heavy atom. The molecule has 84 valence electrons. The van der Waals surface area contributed by atoms with Gasteiger partial charge in [-0.2, -0.15) is 5.10 Å². The van der Waals surface area contributed by atoms with Crippen molar-refractivity contribution in [2.24, 2.45) is 0 Å². The number of alkyl halides is 1. The average molecular weight is 231 g/mol. The first kappa shape index (κ1) is 12.0. The highest BCUT2D eigenvalue weighted by molar-refractivity contribution is 6.17. The predicted molar refractivity (Wildman–Crippen MR) is 58.2 cm³/mol. The van der Waals surface area contributed by atoms with Crippen LogP contribution in [0.4, 0.5) is 0 Å². The molecule has 15 heavy (non-hydrogen) atoms. The fraction of sp³-hybridized carbons (Fsp3) is 0.600. The van der Waals surface area contributed by atoms with E-state index in [1.54, 1.807) is 11.6 Å². The van der Waals surface area contributed by atoms with E-state index in [0.717, 1.165) is 11.3 Å². The molecule has 0 bridgehead atoms. The highest BCUT2D eigenvalue weighted by atomic mass is 35.5. The number of nitrogens with zero attached hydrogens (tertiary/aromatic N) is 2. The normalized spacial score (nSPS) is 10.4. The fourth-order valence-corrected chi connectivity index (χ4v) is 1.76. The molecular weight excluding hydrogens is 216 g/mol. The number of aryl methyl sites for hydroxylation is 2. The van der Waals surface area contributed by atoms with Crippen molar-refractivity contribution in [1.82, 2.24) is 9.78 Å². The van der Waals surface area contributed by atoms with Crippen molar-refractivity contribution in [3.8, 4) is 0 Å². The van der Waals surface area contributed by atoms with Crippen LogP contribution in [-0.2, 0) is 17.2 Å². The molecular formula is C10H15ClN2O2. The molecule has 0 saturated carbocycles. The molecule has 0 aliphatic rings. The Balaban J connectivity index is 3.17. The first-order valence-corrected chi connectivity index (χ1v) is 5.48. The molecule has 0 fully saturated rings. The van der Waals surface area contributed by atoms with Crippen molar-refractivity contribution >= 4 is 17.6 Å². The van der Waals surface area contributed by atoms with Crippen LogP contribution in [0.3, 0.4) is 0 Å². The van der Waals surface area contributed by atoms with Crippen LogP contribution in [0, 0.1) is 6.92 Å². The minimum atomic E-state index is -0.351. The number of carbonyl (C=O) groups excluding carboxylic acids is 1. The summed E-state index contributed by atoms with van der Waals surface area (Å²) < 4.78 is 6.60. The summed E-state index contributed by atoms with van der Waals surface area (Å²) >= 11 is 5.79. The van der Waals surface area contributed by atoms with Crippen molar-refractivity contribution in [1.29, 1.82) is 0 Å². The summed E-state index contributed by atoms with van der Waals surface area (Å²) in [7, 11) is 0. The molecule has 1 rings (SSSR count). The average Bonchev–Trinajstić information content (AvgIpc) is 2.54. The van der Waals surface area contributed by atoms with Crippen molar-refractivity contribution in [2.75, 3.05) is 6.61 Å². The van der Waals surface area contributed by atoms with E-state index in [0.29, 0.717) is 18.8 Å². The van der Waals surface area contributed by atoms with E-state index >= 15 is 0 Å². The molecule has 0 N–H and O–H groups in total. The van der Waals surface area contributed by atoms with Gasteiger partial charge in [-0.3, -0.25) is 4.68 Å². The van der Waals surface area contributed by atoms with Crippen molar-refractivity contribution in [3.63, 3.8) is 0 Å². The Morgan fingerprint density at radius 3 is 2.67 bits per heavy atom. The molecule has 1 heterocycles. The standard InChI is InChI=1S/C10H15ClN2O2/c1-4-13-9(10(14)15-5-2)8(6-11)7(3)12-13/h4-6H2,1-3H3. The maximum Gasteiger partial charge on any atom is 0.356 e. The maximum absolute atomic E-state index is 11.7. The lowest BCUT2D eigenvalue weighted by atomic mass is 10.2. The Hall–Kier alpha value is -1.03. The zero-order chi connectivity index (χ0) is 11.4. The van der Waals surface area contributed by atoms with Gasteiger partial charge in [0.2, 0.25) is 0 Å². The Kier molecular flexibility index (Phi) is 4.15. The summed E-state index contributed by atoms with van der Waals surface area (Å²) in [6.07, 6.45) is 0. The largest absolute Gasteiger partial charge is 0.461 e. The summed E-state index contributed by atoms with van der Waals surface area (Å²) in [5, 5.41) is 4.23. The number of halogens is 1.